The Morgan fingerprint density at radius 3 is 2.48 bits per heavy atom. The Labute approximate surface area is 159 Å². The zero-order valence-electron chi connectivity index (χ0n) is 15.8. The number of carbonyl (C=O) groups excluding carboxylic acids is 1. The predicted molar refractivity (Wildman–Crippen MR) is 103 cm³/mol. The number of ether oxygens (including phenoxy) is 3. The molecule has 5 heteroatoms. The summed E-state index contributed by atoms with van der Waals surface area (Å²) in [6.07, 6.45) is 1.03. The minimum absolute atomic E-state index is 0.154. The number of hydrogen-bond donors (Lipinski definition) is 0. The second kappa shape index (κ2) is 7.33. The van der Waals surface area contributed by atoms with E-state index < -0.39 is 5.79 Å². The van der Waals surface area contributed by atoms with Crippen LogP contribution in [0, 0.1) is 5.92 Å². The van der Waals surface area contributed by atoms with Gasteiger partial charge in [0.25, 0.3) is 11.7 Å². The molecule has 1 fully saturated rings. The van der Waals surface area contributed by atoms with Crippen LogP contribution in [0.25, 0.3) is 0 Å². The van der Waals surface area contributed by atoms with Crippen LogP contribution in [0.4, 0.5) is 5.69 Å². The average molecular weight is 367 g/mol. The molecule has 0 bridgehead atoms. The quantitative estimate of drug-likeness (QED) is 0.778. The van der Waals surface area contributed by atoms with Crippen molar-refractivity contribution in [3.05, 3.63) is 59.7 Å². The van der Waals surface area contributed by atoms with E-state index in [1.54, 1.807) is 4.90 Å². The fourth-order valence-corrected chi connectivity index (χ4v) is 3.52. The normalized spacial score (nSPS) is 17.7. The molecular formula is C22H25NO4. The third kappa shape index (κ3) is 3.33. The molecule has 0 N–H and O–H groups in total. The lowest BCUT2D eigenvalue weighted by molar-refractivity contribution is -0.180. The number of rotatable bonds is 6. The van der Waals surface area contributed by atoms with Crippen LogP contribution in [-0.4, -0.2) is 25.7 Å². The molecule has 0 atom stereocenters. The highest BCUT2D eigenvalue weighted by Gasteiger charge is 2.55. The van der Waals surface area contributed by atoms with Crippen LogP contribution >= 0.6 is 0 Å². The minimum atomic E-state index is -1.27. The second-order valence-electron chi connectivity index (χ2n) is 7.40. The number of nitrogens with zero attached hydrogens (tertiary/aromatic N) is 1. The maximum atomic E-state index is 13.1. The van der Waals surface area contributed by atoms with Gasteiger partial charge in [0.15, 0.2) is 0 Å². The van der Waals surface area contributed by atoms with Gasteiger partial charge in [0, 0.05) is 5.56 Å². The van der Waals surface area contributed by atoms with E-state index in [-0.39, 0.29) is 5.91 Å². The summed E-state index contributed by atoms with van der Waals surface area (Å²) in [6, 6.07) is 15.6. The molecule has 2 aromatic rings. The van der Waals surface area contributed by atoms with Crippen molar-refractivity contribution in [2.45, 2.75) is 32.6 Å². The van der Waals surface area contributed by atoms with Crippen molar-refractivity contribution in [3.63, 3.8) is 0 Å². The molecule has 0 saturated carbocycles. The first-order valence-corrected chi connectivity index (χ1v) is 9.51. The fourth-order valence-electron chi connectivity index (χ4n) is 3.52. The lowest BCUT2D eigenvalue weighted by atomic mass is 10.1. The third-order valence-electron chi connectivity index (χ3n) is 5.00. The van der Waals surface area contributed by atoms with E-state index in [9.17, 15) is 4.79 Å². The summed E-state index contributed by atoms with van der Waals surface area (Å²) in [5.74, 6) is 0.0547. The molecule has 2 aromatic carbocycles. The van der Waals surface area contributed by atoms with E-state index in [2.05, 4.69) is 13.8 Å². The smallest absolute Gasteiger partial charge is 0.292 e. The highest BCUT2D eigenvalue weighted by Crippen LogP contribution is 2.46. The maximum Gasteiger partial charge on any atom is 0.292 e. The first-order chi connectivity index (χ1) is 13.1. The van der Waals surface area contributed by atoms with Gasteiger partial charge in [-0.1, -0.05) is 44.2 Å². The Kier molecular flexibility index (Phi) is 4.89. The fraction of sp³-hybridized carbons (Fsp3) is 0.409. The summed E-state index contributed by atoms with van der Waals surface area (Å²) in [7, 11) is 0. The molecule has 0 radical (unpaired) electrons. The van der Waals surface area contributed by atoms with E-state index in [4.69, 9.17) is 14.2 Å². The Hall–Kier alpha value is -2.37. The van der Waals surface area contributed by atoms with Crippen molar-refractivity contribution >= 4 is 11.6 Å². The number of benzene rings is 2. The van der Waals surface area contributed by atoms with Crippen LogP contribution < -0.4 is 9.64 Å². The summed E-state index contributed by atoms with van der Waals surface area (Å²) in [6.45, 7) is 6.40. The Balaban J connectivity index is 1.50. The number of anilines is 1. The van der Waals surface area contributed by atoms with Gasteiger partial charge in [0.2, 0.25) is 0 Å². The van der Waals surface area contributed by atoms with Crippen LogP contribution in [0.1, 0.15) is 31.4 Å². The molecule has 1 amide bonds. The molecule has 2 heterocycles. The summed E-state index contributed by atoms with van der Waals surface area (Å²) in [5, 5.41) is 0. The van der Waals surface area contributed by atoms with Crippen LogP contribution in [-0.2, 0) is 26.6 Å². The van der Waals surface area contributed by atoms with Crippen LogP contribution in [0.5, 0.6) is 5.75 Å². The molecule has 0 aromatic heterocycles. The van der Waals surface area contributed by atoms with Crippen molar-refractivity contribution < 1.29 is 19.0 Å². The lowest BCUT2D eigenvalue weighted by Gasteiger charge is -2.22. The Morgan fingerprint density at radius 2 is 1.78 bits per heavy atom. The monoisotopic (exact) mass is 367 g/mol. The van der Waals surface area contributed by atoms with Gasteiger partial charge in [-0.05, 0) is 36.1 Å². The minimum Gasteiger partial charge on any atom is -0.494 e. The molecule has 2 aliphatic heterocycles. The number of fused-ring (bicyclic) bond motifs is 2. The molecular weight excluding hydrogens is 342 g/mol. The standard InChI is InChI=1S/C22H25NO4/c1-16(2)11-12-25-18-9-7-17(8-10-18)15-23-20-6-4-3-5-19(20)22(21(23)24)26-13-14-27-22/h3-10,16H,11-15H2,1-2H3. The summed E-state index contributed by atoms with van der Waals surface area (Å²) in [4.78, 5) is 14.9. The van der Waals surface area contributed by atoms with E-state index >= 15 is 0 Å². The Bertz CT molecular complexity index is 809. The SMILES string of the molecule is CC(C)CCOc1ccc(CN2C(=O)C3(OCCO3)c3ccccc32)cc1. The van der Waals surface area contributed by atoms with Gasteiger partial charge < -0.3 is 19.1 Å². The van der Waals surface area contributed by atoms with Gasteiger partial charge in [0.05, 0.1) is 32.1 Å². The summed E-state index contributed by atoms with van der Waals surface area (Å²) in [5.41, 5.74) is 2.67. The lowest BCUT2D eigenvalue weighted by Crippen LogP contribution is -2.40. The first-order valence-electron chi connectivity index (χ1n) is 9.51. The van der Waals surface area contributed by atoms with E-state index in [1.165, 1.54) is 0 Å². The first kappa shape index (κ1) is 18.0. The largest absolute Gasteiger partial charge is 0.494 e. The number of hydrogen-bond acceptors (Lipinski definition) is 4. The van der Waals surface area contributed by atoms with Gasteiger partial charge in [0.1, 0.15) is 5.75 Å². The van der Waals surface area contributed by atoms with Crippen LogP contribution in [0.15, 0.2) is 48.5 Å². The molecule has 1 spiro atoms. The third-order valence-corrected chi connectivity index (χ3v) is 5.00. The van der Waals surface area contributed by atoms with Gasteiger partial charge in [-0.3, -0.25) is 4.79 Å². The molecule has 4 rings (SSSR count). The number of para-hydroxylation sites is 1. The highest BCUT2D eigenvalue weighted by atomic mass is 16.7. The second-order valence-corrected chi connectivity index (χ2v) is 7.40. The topological polar surface area (TPSA) is 48.0 Å². The molecule has 27 heavy (non-hydrogen) atoms. The van der Waals surface area contributed by atoms with Crippen molar-refractivity contribution in [2.24, 2.45) is 5.92 Å². The average Bonchev–Trinajstić information content (AvgIpc) is 3.24. The predicted octanol–water partition coefficient (Wildman–Crippen LogP) is 3.86. The van der Waals surface area contributed by atoms with Crippen molar-refractivity contribution in [2.75, 3.05) is 24.7 Å². The van der Waals surface area contributed by atoms with Crippen LogP contribution in [0.3, 0.4) is 0 Å². The summed E-state index contributed by atoms with van der Waals surface area (Å²) < 4.78 is 17.3. The zero-order chi connectivity index (χ0) is 18.9. The van der Waals surface area contributed by atoms with Gasteiger partial charge in [-0.2, -0.15) is 0 Å². The van der Waals surface area contributed by atoms with E-state index in [0.29, 0.717) is 32.3 Å². The van der Waals surface area contributed by atoms with Crippen molar-refractivity contribution in [1.82, 2.24) is 0 Å². The molecule has 0 aliphatic carbocycles. The Morgan fingerprint density at radius 1 is 1.07 bits per heavy atom. The molecule has 0 unspecified atom stereocenters. The van der Waals surface area contributed by atoms with Gasteiger partial charge >= 0.3 is 0 Å². The molecule has 5 nitrogen and oxygen atoms in total. The zero-order valence-corrected chi connectivity index (χ0v) is 15.8. The van der Waals surface area contributed by atoms with Crippen molar-refractivity contribution in [1.29, 1.82) is 0 Å². The maximum absolute atomic E-state index is 13.1. The van der Waals surface area contributed by atoms with Gasteiger partial charge in [-0.25, -0.2) is 0 Å². The van der Waals surface area contributed by atoms with Crippen LogP contribution in [0.2, 0.25) is 0 Å². The highest BCUT2D eigenvalue weighted by molar-refractivity contribution is 6.06. The molecule has 1 saturated heterocycles. The molecule has 142 valence electrons. The van der Waals surface area contributed by atoms with Crippen molar-refractivity contribution in [3.8, 4) is 5.75 Å². The molecule has 2 aliphatic rings. The number of carbonyl (C=O) groups is 1. The van der Waals surface area contributed by atoms with Gasteiger partial charge in [-0.15, -0.1) is 0 Å². The summed E-state index contributed by atoms with van der Waals surface area (Å²) >= 11 is 0. The number of amides is 1. The van der Waals surface area contributed by atoms with E-state index in [1.807, 2.05) is 48.5 Å². The van der Waals surface area contributed by atoms with E-state index in [0.717, 1.165) is 29.0 Å².